The van der Waals surface area contributed by atoms with Crippen molar-refractivity contribution in [1.82, 2.24) is 9.55 Å². The summed E-state index contributed by atoms with van der Waals surface area (Å²) in [5.74, 6) is 0. The predicted octanol–water partition coefficient (Wildman–Crippen LogP) is 7.13. The Morgan fingerprint density at radius 3 is 2.24 bits per heavy atom. The second-order valence-corrected chi connectivity index (χ2v) is 10.2. The molecule has 1 aliphatic heterocycles. The van der Waals surface area contributed by atoms with Crippen LogP contribution in [0.2, 0.25) is 0 Å². The van der Waals surface area contributed by atoms with Crippen molar-refractivity contribution in [2.45, 2.75) is 39.7 Å². The molecule has 0 atom stereocenters. The van der Waals surface area contributed by atoms with Crippen molar-refractivity contribution in [3.05, 3.63) is 60.0 Å². The zero-order valence-electron chi connectivity index (χ0n) is 16.6. The Balaban J connectivity index is 1.95. The molecule has 0 bridgehead atoms. The second kappa shape index (κ2) is 8.05. The van der Waals surface area contributed by atoms with Gasteiger partial charge in [-0.15, -0.1) is 0 Å². The SMILES string of the molecule is [C-]#[N+]C1CCN(c2cc(C)nc3c2c(C)c(C)n3-c2c(Br)cc(Br)cc2Br)CC1. The first-order valence-electron chi connectivity index (χ1n) is 9.57. The number of hydrogen-bond donors (Lipinski definition) is 0. The Morgan fingerprint density at radius 2 is 1.66 bits per heavy atom. The Kier molecular flexibility index (Phi) is 5.80. The van der Waals surface area contributed by atoms with E-state index >= 15 is 0 Å². The molecule has 2 aromatic heterocycles. The van der Waals surface area contributed by atoms with Crippen LogP contribution in [0.15, 0.2) is 31.6 Å². The lowest BCUT2D eigenvalue weighted by Crippen LogP contribution is -2.35. The van der Waals surface area contributed by atoms with Crippen LogP contribution >= 0.6 is 47.8 Å². The number of halogens is 3. The van der Waals surface area contributed by atoms with Crippen molar-refractivity contribution in [3.63, 3.8) is 0 Å². The fourth-order valence-electron chi connectivity index (χ4n) is 4.18. The number of aryl methyl sites for hydroxylation is 2. The van der Waals surface area contributed by atoms with Crippen LogP contribution in [0, 0.1) is 27.3 Å². The lowest BCUT2D eigenvalue weighted by atomic mass is 10.0. The molecule has 7 heteroatoms. The van der Waals surface area contributed by atoms with Crippen molar-refractivity contribution < 1.29 is 0 Å². The van der Waals surface area contributed by atoms with Gasteiger partial charge in [0.25, 0.3) is 0 Å². The molecule has 0 saturated carbocycles. The molecule has 4 rings (SSSR count). The molecule has 1 aromatic carbocycles. The maximum Gasteiger partial charge on any atom is 0.227 e. The van der Waals surface area contributed by atoms with Crippen molar-refractivity contribution in [1.29, 1.82) is 0 Å². The number of piperidine rings is 1. The summed E-state index contributed by atoms with van der Waals surface area (Å²) in [5, 5.41) is 1.20. The van der Waals surface area contributed by atoms with Gasteiger partial charge in [0.1, 0.15) is 5.65 Å². The smallest absolute Gasteiger partial charge is 0.227 e. The largest absolute Gasteiger partial charge is 0.370 e. The molecule has 0 amide bonds. The average molecular weight is 581 g/mol. The van der Waals surface area contributed by atoms with E-state index in [4.69, 9.17) is 11.6 Å². The van der Waals surface area contributed by atoms with Crippen LogP contribution < -0.4 is 4.90 Å². The van der Waals surface area contributed by atoms with Gasteiger partial charge in [-0.05, 0) is 76.4 Å². The summed E-state index contributed by atoms with van der Waals surface area (Å²) in [5.41, 5.74) is 6.70. The van der Waals surface area contributed by atoms with Gasteiger partial charge < -0.3 is 9.74 Å². The number of aromatic nitrogens is 2. The monoisotopic (exact) mass is 578 g/mol. The number of pyridine rings is 1. The minimum absolute atomic E-state index is 0.159. The fraction of sp³-hybridized carbons (Fsp3) is 0.364. The molecule has 1 saturated heterocycles. The van der Waals surface area contributed by atoms with Gasteiger partial charge in [-0.2, -0.15) is 0 Å². The molecule has 3 heterocycles. The molecule has 3 aromatic rings. The van der Waals surface area contributed by atoms with E-state index in [1.54, 1.807) is 0 Å². The van der Waals surface area contributed by atoms with Crippen LogP contribution in [-0.4, -0.2) is 28.7 Å². The van der Waals surface area contributed by atoms with Crippen LogP contribution in [0.4, 0.5) is 5.69 Å². The van der Waals surface area contributed by atoms with Crippen molar-refractivity contribution in [2.24, 2.45) is 0 Å². The quantitative estimate of drug-likeness (QED) is 0.301. The Labute approximate surface area is 196 Å². The first-order chi connectivity index (χ1) is 13.8. The molecule has 4 nitrogen and oxygen atoms in total. The Hall–Kier alpha value is -1.36. The maximum atomic E-state index is 7.33. The summed E-state index contributed by atoms with van der Waals surface area (Å²) in [6.07, 6.45) is 1.85. The highest BCUT2D eigenvalue weighted by Gasteiger charge is 2.27. The van der Waals surface area contributed by atoms with E-state index in [-0.39, 0.29) is 6.04 Å². The van der Waals surface area contributed by atoms with Gasteiger partial charge in [-0.25, -0.2) is 11.6 Å². The zero-order chi connectivity index (χ0) is 20.9. The zero-order valence-corrected chi connectivity index (χ0v) is 21.3. The highest BCUT2D eigenvalue weighted by atomic mass is 79.9. The van der Waals surface area contributed by atoms with E-state index in [1.165, 1.54) is 22.3 Å². The number of hydrogen-bond acceptors (Lipinski definition) is 2. The molecule has 150 valence electrons. The van der Waals surface area contributed by atoms with E-state index in [0.29, 0.717) is 0 Å². The second-order valence-electron chi connectivity index (χ2n) is 7.59. The van der Waals surface area contributed by atoms with Gasteiger partial charge in [-0.1, -0.05) is 15.9 Å². The van der Waals surface area contributed by atoms with Gasteiger partial charge >= 0.3 is 0 Å². The molecule has 29 heavy (non-hydrogen) atoms. The van der Waals surface area contributed by atoms with E-state index in [2.05, 4.69) is 101 Å². The molecule has 0 aliphatic carbocycles. The van der Waals surface area contributed by atoms with Crippen LogP contribution in [-0.2, 0) is 0 Å². The highest BCUT2D eigenvalue weighted by molar-refractivity contribution is 9.11. The maximum absolute atomic E-state index is 7.33. The lowest BCUT2D eigenvalue weighted by molar-refractivity contribution is 0.549. The van der Waals surface area contributed by atoms with Gasteiger partial charge in [0.15, 0.2) is 0 Å². The van der Waals surface area contributed by atoms with Crippen LogP contribution in [0.5, 0.6) is 0 Å². The standard InChI is InChI=1S/C22H21Br3N4/c1-12-9-19(28-7-5-16(26-4)6-8-28)20-13(2)14(3)29(22(20)27-12)21-17(24)10-15(23)11-18(21)25/h9-11,16H,5-8H2,1-3H3. The third kappa shape index (κ3) is 3.64. The predicted molar refractivity (Wildman–Crippen MR) is 130 cm³/mol. The fourth-order valence-corrected chi connectivity index (χ4v) is 6.79. The average Bonchev–Trinajstić information content (AvgIpc) is 2.92. The van der Waals surface area contributed by atoms with E-state index < -0.39 is 0 Å². The van der Waals surface area contributed by atoms with Crippen LogP contribution in [0.3, 0.4) is 0 Å². The first kappa shape index (κ1) is 20.9. The van der Waals surface area contributed by atoms with Crippen molar-refractivity contribution in [3.8, 4) is 5.69 Å². The molecule has 1 fully saturated rings. The van der Waals surface area contributed by atoms with Gasteiger partial charge in [-0.3, -0.25) is 4.57 Å². The van der Waals surface area contributed by atoms with Crippen molar-refractivity contribution >= 4 is 64.5 Å². The summed E-state index contributed by atoms with van der Waals surface area (Å²) in [6.45, 7) is 15.6. The molecule has 0 N–H and O–H groups in total. The Bertz CT molecular complexity index is 1130. The minimum Gasteiger partial charge on any atom is -0.370 e. The molecular weight excluding hydrogens is 560 g/mol. The topological polar surface area (TPSA) is 25.4 Å². The molecule has 0 spiro atoms. The normalized spacial score (nSPS) is 15.1. The number of rotatable bonds is 2. The van der Waals surface area contributed by atoms with Gasteiger partial charge in [0.2, 0.25) is 6.04 Å². The highest BCUT2D eigenvalue weighted by Crippen LogP contribution is 2.40. The van der Waals surface area contributed by atoms with E-state index in [0.717, 1.165) is 56.4 Å². The number of benzene rings is 1. The summed E-state index contributed by atoms with van der Waals surface area (Å²) in [4.78, 5) is 11.1. The summed E-state index contributed by atoms with van der Waals surface area (Å²) < 4.78 is 5.26. The first-order valence-corrected chi connectivity index (χ1v) is 12.0. The summed E-state index contributed by atoms with van der Waals surface area (Å²) in [6, 6.07) is 6.48. The number of fused-ring (bicyclic) bond motifs is 1. The summed E-state index contributed by atoms with van der Waals surface area (Å²) >= 11 is 11.1. The van der Waals surface area contributed by atoms with Gasteiger partial charge in [0.05, 0.1) is 5.69 Å². The Morgan fingerprint density at radius 1 is 1.03 bits per heavy atom. The third-order valence-corrected chi connectivity index (χ3v) is 7.43. The number of anilines is 1. The molecule has 1 aliphatic rings. The van der Waals surface area contributed by atoms with Crippen LogP contribution in [0.25, 0.3) is 21.6 Å². The van der Waals surface area contributed by atoms with Crippen LogP contribution in [0.1, 0.15) is 29.8 Å². The molecular formula is C22H21Br3N4. The third-order valence-electron chi connectivity index (χ3n) is 5.77. The summed E-state index contributed by atoms with van der Waals surface area (Å²) in [7, 11) is 0. The van der Waals surface area contributed by atoms with Gasteiger partial charge in [0, 0.05) is 61.8 Å². The number of nitrogens with zero attached hydrogens (tertiary/aromatic N) is 4. The van der Waals surface area contributed by atoms with E-state index in [1.807, 2.05) is 0 Å². The van der Waals surface area contributed by atoms with E-state index in [9.17, 15) is 0 Å². The molecule has 0 radical (unpaired) electrons. The molecule has 0 unspecified atom stereocenters. The van der Waals surface area contributed by atoms with Crippen molar-refractivity contribution in [2.75, 3.05) is 18.0 Å². The lowest BCUT2D eigenvalue weighted by Gasteiger charge is -2.30. The minimum atomic E-state index is 0.159.